The van der Waals surface area contributed by atoms with Gasteiger partial charge in [-0.15, -0.1) is 11.3 Å². The van der Waals surface area contributed by atoms with Crippen molar-refractivity contribution in [3.8, 4) is 0 Å². The third kappa shape index (κ3) is 5.28. The zero-order chi connectivity index (χ0) is 22.4. The summed E-state index contributed by atoms with van der Waals surface area (Å²) in [6.07, 6.45) is 3.14. The first kappa shape index (κ1) is 22.9. The summed E-state index contributed by atoms with van der Waals surface area (Å²) in [5.74, 6) is -0.236. The number of carbonyl (C=O) groups excluding carboxylic acids is 1. The summed E-state index contributed by atoms with van der Waals surface area (Å²) in [5.41, 5.74) is 2.31. The van der Waals surface area contributed by atoms with Gasteiger partial charge in [0.25, 0.3) is 5.91 Å². The van der Waals surface area contributed by atoms with Crippen LogP contribution in [0.15, 0.2) is 70.9 Å². The normalized spacial score (nSPS) is 11.9. The largest absolute Gasteiger partial charge is 0.269 e. The number of anilines is 2. The number of para-hydroxylation sites is 1. The van der Waals surface area contributed by atoms with Gasteiger partial charge in [0.1, 0.15) is 0 Å². The Hall–Kier alpha value is -2.81. The molecule has 1 heterocycles. The standard InChI is InChI=1S/C23H25N3O3S2/c1-4-25(5-2)31(28,29)21-14-11-19(12-15-21)13-16-22(27)26(20-9-7-6-8-10-20)23-24-18(3)17-30-23/h6-17H,4-5H2,1-3H3/b16-13+. The maximum atomic E-state index is 13.0. The lowest BCUT2D eigenvalue weighted by Crippen LogP contribution is -2.30. The Morgan fingerprint density at radius 2 is 1.68 bits per heavy atom. The SMILES string of the molecule is CCN(CC)S(=O)(=O)c1ccc(/C=C/C(=O)N(c2ccccc2)c2nc(C)cs2)cc1. The smallest absolute Gasteiger partial charge is 0.257 e. The summed E-state index contributed by atoms with van der Waals surface area (Å²) in [6, 6.07) is 15.9. The molecule has 0 radical (unpaired) electrons. The Balaban J connectivity index is 1.83. The molecule has 0 saturated heterocycles. The van der Waals surface area contributed by atoms with Crippen molar-refractivity contribution in [2.75, 3.05) is 18.0 Å². The molecule has 0 unspecified atom stereocenters. The van der Waals surface area contributed by atoms with Crippen LogP contribution in [0, 0.1) is 6.92 Å². The number of benzene rings is 2. The number of rotatable bonds is 8. The minimum absolute atomic E-state index is 0.236. The van der Waals surface area contributed by atoms with Crippen LogP contribution in [0.25, 0.3) is 6.08 Å². The number of aromatic nitrogens is 1. The predicted molar refractivity (Wildman–Crippen MR) is 126 cm³/mol. The van der Waals surface area contributed by atoms with Crippen molar-refractivity contribution in [3.05, 3.63) is 77.3 Å². The van der Waals surface area contributed by atoms with Gasteiger partial charge in [-0.3, -0.25) is 9.69 Å². The van der Waals surface area contributed by atoms with E-state index in [1.54, 1.807) is 35.2 Å². The molecule has 2 aromatic carbocycles. The zero-order valence-electron chi connectivity index (χ0n) is 17.7. The fourth-order valence-corrected chi connectivity index (χ4v) is 5.34. The molecule has 0 bridgehead atoms. The third-order valence-corrected chi connectivity index (χ3v) is 7.68. The second-order valence-electron chi connectivity index (χ2n) is 6.77. The van der Waals surface area contributed by atoms with Gasteiger partial charge in [0, 0.05) is 24.5 Å². The van der Waals surface area contributed by atoms with Gasteiger partial charge in [0.15, 0.2) is 5.13 Å². The minimum atomic E-state index is -3.51. The van der Waals surface area contributed by atoms with E-state index in [9.17, 15) is 13.2 Å². The molecule has 0 spiro atoms. The van der Waals surface area contributed by atoms with Crippen molar-refractivity contribution in [2.45, 2.75) is 25.7 Å². The molecule has 3 aromatic rings. The van der Waals surface area contributed by atoms with Gasteiger partial charge in [0.05, 0.1) is 16.3 Å². The lowest BCUT2D eigenvalue weighted by Gasteiger charge is -2.18. The van der Waals surface area contributed by atoms with E-state index in [-0.39, 0.29) is 10.8 Å². The molecule has 31 heavy (non-hydrogen) atoms. The maximum absolute atomic E-state index is 13.0. The molecule has 8 heteroatoms. The van der Waals surface area contributed by atoms with Crippen LogP contribution in [0.3, 0.4) is 0 Å². The molecule has 0 saturated carbocycles. The fraction of sp³-hybridized carbons (Fsp3) is 0.217. The molecule has 3 rings (SSSR count). The van der Waals surface area contributed by atoms with E-state index in [2.05, 4.69) is 4.98 Å². The highest BCUT2D eigenvalue weighted by molar-refractivity contribution is 7.89. The zero-order valence-corrected chi connectivity index (χ0v) is 19.4. The Bertz CT molecular complexity index is 1150. The molecule has 1 aromatic heterocycles. The van der Waals surface area contributed by atoms with E-state index < -0.39 is 10.0 Å². The quantitative estimate of drug-likeness (QED) is 0.455. The molecule has 0 N–H and O–H groups in total. The highest BCUT2D eigenvalue weighted by atomic mass is 32.2. The van der Waals surface area contributed by atoms with Gasteiger partial charge in [-0.05, 0) is 42.8 Å². The average Bonchev–Trinajstić information content (AvgIpc) is 3.20. The van der Waals surface area contributed by atoms with Crippen molar-refractivity contribution in [3.63, 3.8) is 0 Å². The average molecular weight is 456 g/mol. The summed E-state index contributed by atoms with van der Waals surface area (Å²) >= 11 is 1.40. The number of nitrogens with zero attached hydrogens (tertiary/aromatic N) is 3. The lowest BCUT2D eigenvalue weighted by atomic mass is 10.2. The number of carbonyl (C=O) groups is 1. The fourth-order valence-electron chi connectivity index (χ4n) is 3.06. The number of hydrogen-bond acceptors (Lipinski definition) is 5. The molecule has 0 atom stereocenters. The number of amides is 1. The topological polar surface area (TPSA) is 70.6 Å². The Labute approximate surface area is 187 Å². The second-order valence-corrected chi connectivity index (χ2v) is 9.55. The van der Waals surface area contributed by atoms with Gasteiger partial charge in [-0.2, -0.15) is 4.31 Å². The van der Waals surface area contributed by atoms with Crippen LogP contribution in [0.1, 0.15) is 25.1 Å². The van der Waals surface area contributed by atoms with E-state index in [0.717, 1.165) is 16.9 Å². The van der Waals surface area contributed by atoms with E-state index in [4.69, 9.17) is 0 Å². The number of thiazole rings is 1. The molecule has 0 aliphatic carbocycles. The maximum Gasteiger partial charge on any atom is 0.257 e. The van der Waals surface area contributed by atoms with E-state index in [1.165, 1.54) is 21.7 Å². The van der Waals surface area contributed by atoms with Gasteiger partial charge < -0.3 is 0 Å². The highest BCUT2D eigenvalue weighted by Crippen LogP contribution is 2.29. The van der Waals surface area contributed by atoms with E-state index in [1.807, 2.05) is 56.5 Å². The van der Waals surface area contributed by atoms with Crippen LogP contribution in [0.2, 0.25) is 0 Å². The molecule has 0 aliphatic heterocycles. The second kappa shape index (κ2) is 10.00. The van der Waals surface area contributed by atoms with E-state index in [0.29, 0.717) is 18.2 Å². The highest BCUT2D eigenvalue weighted by Gasteiger charge is 2.21. The summed E-state index contributed by atoms with van der Waals surface area (Å²) in [4.78, 5) is 19.3. The summed E-state index contributed by atoms with van der Waals surface area (Å²) < 4.78 is 26.6. The molecule has 162 valence electrons. The Kier molecular flexibility index (Phi) is 7.37. The molecule has 0 aliphatic rings. The number of aryl methyl sites for hydroxylation is 1. The van der Waals surface area contributed by atoms with Crippen molar-refractivity contribution < 1.29 is 13.2 Å². The first-order valence-electron chi connectivity index (χ1n) is 9.96. The van der Waals surface area contributed by atoms with E-state index >= 15 is 0 Å². The lowest BCUT2D eigenvalue weighted by molar-refractivity contribution is -0.113. The van der Waals surface area contributed by atoms with Crippen LogP contribution in [-0.2, 0) is 14.8 Å². The number of hydrogen-bond donors (Lipinski definition) is 0. The van der Waals surface area contributed by atoms with Crippen LogP contribution in [0.5, 0.6) is 0 Å². The van der Waals surface area contributed by atoms with Gasteiger partial charge in [-0.1, -0.05) is 44.2 Å². The van der Waals surface area contributed by atoms with Gasteiger partial charge >= 0.3 is 0 Å². The Morgan fingerprint density at radius 3 is 2.23 bits per heavy atom. The summed E-state index contributed by atoms with van der Waals surface area (Å²) in [7, 11) is -3.51. The van der Waals surface area contributed by atoms with Crippen molar-refractivity contribution in [1.29, 1.82) is 0 Å². The molecular weight excluding hydrogens is 430 g/mol. The van der Waals surface area contributed by atoms with Crippen molar-refractivity contribution in [2.24, 2.45) is 0 Å². The molecule has 0 fully saturated rings. The summed E-state index contributed by atoms with van der Waals surface area (Å²) in [6.45, 7) is 6.34. The van der Waals surface area contributed by atoms with Crippen LogP contribution in [0.4, 0.5) is 10.8 Å². The van der Waals surface area contributed by atoms with Crippen molar-refractivity contribution in [1.82, 2.24) is 9.29 Å². The van der Waals surface area contributed by atoms with Crippen LogP contribution >= 0.6 is 11.3 Å². The third-order valence-electron chi connectivity index (χ3n) is 4.67. The molecule has 1 amide bonds. The summed E-state index contributed by atoms with van der Waals surface area (Å²) in [5, 5.41) is 2.50. The van der Waals surface area contributed by atoms with Gasteiger partial charge in [0.2, 0.25) is 10.0 Å². The first-order chi connectivity index (χ1) is 14.9. The molecular formula is C23H25N3O3S2. The first-order valence-corrected chi connectivity index (χ1v) is 12.3. The van der Waals surface area contributed by atoms with Crippen LogP contribution < -0.4 is 4.90 Å². The van der Waals surface area contributed by atoms with Crippen LogP contribution in [-0.4, -0.2) is 36.7 Å². The van der Waals surface area contributed by atoms with Gasteiger partial charge in [-0.25, -0.2) is 13.4 Å². The van der Waals surface area contributed by atoms with Crippen molar-refractivity contribution >= 4 is 44.2 Å². The molecule has 6 nitrogen and oxygen atoms in total. The monoisotopic (exact) mass is 455 g/mol. The minimum Gasteiger partial charge on any atom is -0.269 e. The predicted octanol–water partition coefficient (Wildman–Crippen LogP) is 4.86. The Morgan fingerprint density at radius 1 is 1.03 bits per heavy atom. The number of sulfonamides is 1.